The number of ether oxygens (including phenoxy) is 2. The minimum atomic E-state index is -1.53. The fraction of sp³-hybridized carbons (Fsp3) is 0.848. The molecule has 0 aromatic carbocycles. The minimum Gasteiger partial charge on any atom is -0.481 e. The van der Waals surface area contributed by atoms with Gasteiger partial charge in [0.1, 0.15) is 6.10 Å². The molecule has 280 valence electrons. The summed E-state index contributed by atoms with van der Waals surface area (Å²) in [4.78, 5) is 58.6. The third kappa shape index (κ3) is 19.8. The van der Waals surface area contributed by atoms with Gasteiger partial charge in [-0.2, -0.15) is 0 Å². The van der Waals surface area contributed by atoms with Gasteiger partial charge in [-0.25, -0.2) is 0 Å². The van der Waals surface area contributed by atoms with Crippen LogP contribution in [0, 0.1) is 23.7 Å². The topological polar surface area (TPSA) is 271 Å². The SMILES string of the molecule is CCCC[C@@H](C)[C@@H](OCC[C@@H](CC(=O)O)C(=O)O)[C@H](C[C@@H](C)C[C@H](O)CC[C@@H](O)C[C@H](O)[C@@H](N)CC)OC(=O)C[C@@H](CC(=O)O)C(=O)O. The molecule has 0 bridgehead atoms. The first-order chi connectivity index (χ1) is 22.4. The van der Waals surface area contributed by atoms with Crippen molar-refractivity contribution < 1.29 is 69.2 Å². The highest BCUT2D eigenvalue weighted by molar-refractivity contribution is 5.83. The number of hydrogen-bond donors (Lipinski definition) is 8. The molecule has 10 atom stereocenters. The number of carboxylic acids is 4. The molecule has 0 saturated heterocycles. The number of unbranched alkanes of at least 4 members (excludes halogenated alkanes) is 1. The summed E-state index contributed by atoms with van der Waals surface area (Å²) in [6.07, 6.45) is -3.02. The Kier molecular flexibility index (Phi) is 22.9. The molecule has 0 aliphatic rings. The Morgan fingerprint density at radius 3 is 1.75 bits per heavy atom. The number of aliphatic hydroxyl groups excluding tert-OH is 3. The van der Waals surface area contributed by atoms with Crippen molar-refractivity contribution in [2.45, 2.75) is 148 Å². The van der Waals surface area contributed by atoms with E-state index in [0.717, 1.165) is 12.8 Å². The van der Waals surface area contributed by atoms with Crippen LogP contribution in [0.5, 0.6) is 0 Å². The molecular weight excluding hydrogens is 634 g/mol. The van der Waals surface area contributed by atoms with Gasteiger partial charge in [-0.3, -0.25) is 24.0 Å². The van der Waals surface area contributed by atoms with E-state index < -0.39 is 97.5 Å². The van der Waals surface area contributed by atoms with Gasteiger partial charge in [0.25, 0.3) is 0 Å². The molecule has 0 saturated carbocycles. The molecule has 0 aromatic heterocycles. The fourth-order valence-electron chi connectivity index (χ4n) is 5.63. The van der Waals surface area contributed by atoms with E-state index in [1.54, 1.807) is 6.92 Å². The molecule has 9 N–H and O–H groups in total. The molecule has 0 aromatic rings. The van der Waals surface area contributed by atoms with Crippen molar-refractivity contribution in [2.75, 3.05) is 6.61 Å². The average molecular weight is 694 g/mol. The van der Waals surface area contributed by atoms with Crippen LogP contribution in [0.25, 0.3) is 0 Å². The summed E-state index contributed by atoms with van der Waals surface area (Å²) in [6.45, 7) is 7.30. The van der Waals surface area contributed by atoms with Gasteiger partial charge >= 0.3 is 29.8 Å². The second-order valence-corrected chi connectivity index (χ2v) is 13.1. The number of aliphatic carboxylic acids is 4. The van der Waals surface area contributed by atoms with Gasteiger partial charge in [-0.15, -0.1) is 0 Å². The van der Waals surface area contributed by atoms with Crippen LogP contribution in [-0.4, -0.2) is 109 Å². The molecule has 0 spiro atoms. The highest BCUT2D eigenvalue weighted by Gasteiger charge is 2.35. The average Bonchev–Trinajstić information content (AvgIpc) is 2.98. The summed E-state index contributed by atoms with van der Waals surface area (Å²) in [5, 5.41) is 68.2. The Morgan fingerprint density at radius 1 is 0.708 bits per heavy atom. The summed E-state index contributed by atoms with van der Waals surface area (Å²) in [7, 11) is 0. The van der Waals surface area contributed by atoms with Gasteiger partial charge in [-0.05, 0) is 56.8 Å². The fourth-order valence-corrected chi connectivity index (χ4v) is 5.63. The van der Waals surface area contributed by atoms with Crippen LogP contribution in [0.15, 0.2) is 0 Å². The molecule has 15 nitrogen and oxygen atoms in total. The predicted octanol–water partition coefficient (Wildman–Crippen LogP) is 2.65. The highest BCUT2D eigenvalue weighted by Crippen LogP contribution is 2.28. The number of carbonyl (C=O) groups is 5. The zero-order valence-corrected chi connectivity index (χ0v) is 28.7. The summed E-state index contributed by atoms with van der Waals surface area (Å²) in [5.74, 6) is -9.70. The lowest BCUT2D eigenvalue weighted by molar-refractivity contribution is -0.168. The molecule has 48 heavy (non-hydrogen) atoms. The number of aliphatic hydroxyl groups is 3. The molecule has 0 unspecified atom stereocenters. The van der Waals surface area contributed by atoms with Gasteiger partial charge in [-0.1, -0.05) is 40.5 Å². The van der Waals surface area contributed by atoms with Crippen molar-refractivity contribution >= 4 is 29.8 Å². The Bertz CT molecular complexity index is 978. The van der Waals surface area contributed by atoms with Crippen LogP contribution in [0.2, 0.25) is 0 Å². The zero-order chi connectivity index (χ0) is 37.0. The lowest BCUT2D eigenvalue weighted by atomic mass is 9.87. The van der Waals surface area contributed by atoms with E-state index in [0.29, 0.717) is 12.8 Å². The number of carbonyl (C=O) groups excluding carboxylic acids is 1. The standard InChI is InChI=1S/C33H59NO14/c1-5-7-8-20(4)31(47-12-11-21(32(43)44)15-28(38)39)27(48-30(42)17-22(33(45)46)16-29(40)41)14-19(3)13-23(35)9-10-24(36)18-26(37)25(34)6-2/h19-27,31,35-37H,5-18,34H2,1-4H3,(H,38,39)(H,40,41)(H,43,44)(H,45,46)/t19-,20+,21-,22+,23+,24+,25-,26-,27-,31+/m0/s1. The first-order valence-electron chi connectivity index (χ1n) is 16.9. The molecule has 0 radical (unpaired) electrons. The number of carboxylic acid groups (broad SMARTS) is 4. The summed E-state index contributed by atoms with van der Waals surface area (Å²) < 4.78 is 11.9. The normalized spacial score (nSPS) is 17.9. The minimum absolute atomic E-state index is 0.0678. The predicted molar refractivity (Wildman–Crippen MR) is 173 cm³/mol. The lowest BCUT2D eigenvalue weighted by Gasteiger charge is -2.34. The largest absolute Gasteiger partial charge is 0.481 e. The monoisotopic (exact) mass is 693 g/mol. The summed E-state index contributed by atoms with van der Waals surface area (Å²) >= 11 is 0. The van der Waals surface area contributed by atoms with Gasteiger partial charge in [0.2, 0.25) is 0 Å². The van der Waals surface area contributed by atoms with Crippen LogP contribution < -0.4 is 5.73 Å². The Balaban J connectivity index is 5.96. The third-order valence-electron chi connectivity index (χ3n) is 8.57. The van der Waals surface area contributed by atoms with E-state index in [2.05, 4.69) is 0 Å². The van der Waals surface area contributed by atoms with Crippen LogP contribution in [-0.2, 0) is 33.4 Å². The second-order valence-electron chi connectivity index (χ2n) is 13.1. The summed E-state index contributed by atoms with van der Waals surface area (Å²) in [6, 6.07) is -0.471. The van der Waals surface area contributed by atoms with Crippen molar-refractivity contribution in [2.24, 2.45) is 29.4 Å². The summed E-state index contributed by atoms with van der Waals surface area (Å²) in [5.41, 5.74) is 5.82. The van der Waals surface area contributed by atoms with Crippen LogP contribution in [0.1, 0.15) is 111 Å². The maximum atomic E-state index is 13.0. The Hall–Kier alpha value is -2.85. The highest BCUT2D eigenvalue weighted by atomic mass is 16.6. The Labute approximate surface area is 282 Å². The quantitative estimate of drug-likeness (QED) is 0.0523. The third-order valence-corrected chi connectivity index (χ3v) is 8.57. The number of esters is 1. The molecule has 0 aliphatic carbocycles. The lowest BCUT2D eigenvalue weighted by Crippen LogP contribution is -2.41. The molecule has 0 aliphatic heterocycles. The van der Waals surface area contributed by atoms with E-state index in [4.69, 9.17) is 25.4 Å². The van der Waals surface area contributed by atoms with Gasteiger partial charge in [0, 0.05) is 19.1 Å². The van der Waals surface area contributed by atoms with E-state index >= 15 is 0 Å². The molecule has 0 heterocycles. The Morgan fingerprint density at radius 2 is 1.25 bits per heavy atom. The maximum Gasteiger partial charge on any atom is 0.307 e. The van der Waals surface area contributed by atoms with Crippen LogP contribution >= 0.6 is 0 Å². The van der Waals surface area contributed by atoms with E-state index in [1.807, 2.05) is 20.8 Å². The first-order valence-corrected chi connectivity index (χ1v) is 16.9. The smallest absolute Gasteiger partial charge is 0.307 e. The van der Waals surface area contributed by atoms with E-state index in [9.17, 15) is 49.5 Å². The molecule has 0 fully saturated rings. The maximum absolute atomic E-state index is 13.0. The van der Waals surface area contributed by atoms with Crippen molar-refractivity contribution in [1.29, 1.82) is 0 Å². The zero-order valence-electron chi connectivity index (χ0n) is 28.7. The molecule has 0 amide bonds. The molecular formula is C33H59NO14. The van der Waals surface area contributed by atoms with Crippen molar-refractivity contribution in [3.05, 3.63) is 0 Å². The molecule has 15 heteroatoms. The van der Waals surface area contributed by atoms with Crippen molar-refractivity contribution in [1.82, 2.24) is 0 Å². The van der Waals surface area contributed by atoms with Crippen molar-refractivity contribution in [3.63, 3.8) is 0 Å². The van der Waals surface area contributed by atoms with Gasteiger partial charge < -0.3 is 51.0 Å². The van der Waals surface area contributed by atoms with Gasteiger partial charge in [0.05, 0.1) is 55.5 Å². The van der Waals surface area contributed by atoms with Gasteiger partial charge in [0.15, 0.2) is 0 Å². The first kappa shape index (κ1) is 45.2. The van der Waals surface area contributed by atoms with Crippen LogP contribution in [0.4, 0.5) is 0 Å². The van der Waals surface area contributed by atoms with Crippen molar-refractivity contribution in [3.8, 4) is 0 Å². The number of nitrogens with two attached hydrogens (primary N) is 1. The van der Waals surface area contributed by atoms with E-state index in [-0.39, 0.29) is 57.0 Å². The molecule has 0 rings (SSSR count). The van der Waals surface area contributed by atoms with Crippen LogP contribution in [0.3, 0.4) is 0 Å². The number of hydrogen-bond acceptors (Lipinski definition) is 11. The van der Waals surface area contributed by atoms with E-state index in [1.165, 1.54) is 0 Å². The number of rotatable bonds is 29. The second kappa shape index (κ2) is 24.3.